The van der Waals surface area contributed by atoms with Crippen molar-refractivity contribution < 1.29 is 9.90 Å². The number of rotatable bonds is 4. The summed E-state index contributed by atoms with van der Waals surface area (Å²) in [7, 11) is 0. The molecule has 0 spiro atoms. The lowest BCUT2D eigenvalue weighted by atomic mass is 9.62. The smallest absolute Gasteiger partial charge is 0.162 e. The van der Waals surface area contributed by atoms with Gasteiger partial charge in [-0.1, -0.05) is 64.1 Å². The molecule has 0 amide bonds. The number of hydrogen-bond acceptors (Lipinski definition) is 2. The van der Waals surface area contributed by atoms with E-state index in [9.17, 15) is 9.90 Å². The molecule has 0 unspecified atom stereocenters. The van der Waals surface area contributed by atoms with Gasteiger partial charge in [-0.3, -0.25) is 4.79 Å². The van der Waals surface area contributed by atoms with Crippen LogP contribution in [0.2, 0.25) is 0 Å². The molecule has 5 rings (SSSR count). The van der Waals surface area contributed by atoms with Crippen LogP contribution in [0.15, 0.2) is 47.7 Å². The standard InChI is InChI=1S/C30H36O2/c1-19-16-24-25(29(4,5)13-12-28(24,2)3)18-23(19)30(14-15-30)21-8-6-20(7-9-21)17-22-26(31)10-11-27(22)32/h6-9,16,18,31H,10-15,17H2,1-5H3. The van der Waals surface area contributed by atoms with E-state index in [0.29, 0.717) is 24.8 Å². The SMILES string of the molecule is Cc1cc2c(cc1C1(c3ccc(CC4=C(O)CCC4=O)cc3)CC1)C(C)(C)CCC2(C)C. The highest BCUT2D eigenvalue weighted by Gasteiger charge is 2.48. The number of Topliss-reactive ketones (excluding diaryl/α,β-unsaturated/α-hetero) is 1. The van der Waals surface area contributed by atoms with Crippen molar-refractivity contribution >= 4 is 5.78 Å². The van der Waals surface area contributed by atoms with Crippen LogP contribution >= 0.6 is 0 Å². The van der Waals surface area contributed by atoms with Crippen molar-refractivity contribution in [3.8, 4) is 0 Å². The van der Waals surface area contributed by atoms with Gasteiger partial charge in [-0.05, 0) is 76.8 Å². The highest BCUT2D eigenvalue weighted by molar-refractivity contribution is 5.98. The maximum absolute atomic E-state index is 12.0. The van der Waals surface area contributed by atoms with Crippen LogP contribution in [0, 0.1) is 6.92 Å². The minimum atomic E-state index is 0.0977. The predicted molar refractivity (Wildman–Crippen MR) is 131 cm³/mol. The zero-order chi connectivity index (χ0) is 22.9. The van der Waals surface area contributed by atoms with Gasteiger partial charge in [0.25, 0.3) is 0 Å². The van der Waals surface area contributed by atoms with Gasteiger partial charge in [0.05, 0.1) is 5.76 Å². The Hall–Kier alpha value is -2.35. The van der Waals surface area contributed by atoms with Crippen LogP contribution in [0.3, 0.4) is 0 Å². The van der Waals surface area contributed by atoms with Crippen molar-refractivity contribution in [2.24, 2.45) is 0 Å². The fraction of sp³-hybridized carbons (Fsp3) is 0.500. The third-order valence-corrected chi connectivity index (χ3v) is 8.62. The fourth-order valence-corrected chi connectivity index (χ4v) is 6.12. The number of benzene rings is 2. The molecular weight excluding hydrogens is 392 g/mol. The Morgan fingerprint density at radius 2 is 1.41 bits per heavy atom. The molecule has 0 heterocycles. The molecular formula is C30H36O2. The lowest BCUT2D eigenvalue weighted by Crippen LogP contribution is -2.34. The number of aliphatic hydroxyl groups excluding tert-OH is 1. The van der Waals surface area contributed by atoms with Gasteiger partial charge < -0.3 is 5.11 Å². The van der Waals surface area contributed by atoms with Gasteiger partial charge in [0.15, 0.2) is 5.78 Å². The van der Waals surface area contributed by atoms with Gasteiger partial charge in [0, 0.05) is 30.3 Å². The molecule has 3 aliphatic carbocycles. The molecule has 0 aliphatic heterocycles. The largest absolute Gasteiger partial charge is 0.512 e. The van der Waals surface area contributed by atoms with E-state index in [2.05, 4.69) is 71.0 Å². The molecule has 2 nitrogen and oxygen atoms in total. The highest BCUT2D eigenvalue weighted by Crippen LogP contribution is 2.56. The summed E-state index contributed by atoms with van der Waals surface area (Å²) in [6.07, 6.45) is 6.36. The van der Waals surface area contributed by atoms with E-state index >= 15 is 0 Å². The molecule has 0 radical (unpaired) electrons. The van der Waals surface area contributed by atoms with E-state index in [1.807, 2.05) is 0 Å². The van der Waals surface area contributed by atoms with E-state index in [1.54, 1.807) is 5.56 Å². The van der Waals surface area contributed by atoms with Crippen LogP contribution in [-0.2, 0) is 27.5 Å². The van der Waals surface area contributed by atoms with Crippen molar-refractivity contribution in [3.05, 3.63) is 81.1 Å². The van der Waals surface area contributed by atoms with Crippen LogP contribution in [-0.4, -0.2) is 10.9 Å². The number of aryl methyl sites for hydroxylation is 1. The third kappa shape index (κ3) is 3.34. The van der Waals surface area contributed by atoms with E-state index in [4.69, 9.17) is 0 Å². The molecule has 2 aromatic rings. The summed E-state index contributed by atoms with van der Waals surface area (Å²) in [6, 6.07) is 13.9. The molecule has 2 heteroatoms. The zero-order valence-corrected chi connectivity index (χ0v) is 20.3. The molecule has 168 valence electrons. The van der Waals surface area contributed by atoms with Crippen molar-refractivity contribution in [1.82, 2.24) is 0 Å². The van der Waals surface area contributed by atoms with Crippen molar-refractivity contribution in [3.63, 3.8) is 0 Å². The number of fused-ring (bicyclic) bond motifs is 1. The lowest BCUT2D eigenvalue weighted by Gasteiger charge is -2.43. The monoisotopic (exact) mass is 428 g/mol. The molecule has 3 aliphatic rings. The number of allylic oxidation sites excluding steroid dienone is 2. The number of carbonyl (C=O) groups excluding carboxylic acids is 1. The average molecular weight is 429 g/mol. The summed E-state index contributed by atoms with van der Waals surface area (Å²) >= 11 is 0. The van der Waals surface area contributed by atoms with Crippen LogP contribution in [0.1, 0.15) is 99.6 Å². The van der Waals surface area contributed by atoms with Gasteiger partial charge in [-0.25, -0.2) is 0 Å². The minimum Gasteiger partial charge on any atom is -0.512 e. The quantitative estimate of drug-likeness (QED) is 0.562. The van der Waals surface area contributed by atoms with Crippen LogP contribution in [0.4, 0.5) is 0 Å². The molecule has 0 aromatic heterocycles. The van der Waals surface area contributed by atoms with E-state index in [0.717, 1.165) is 5.56 Å². The van der Waals surface area contributed by atoms with Gasteiger partial charge in [0.1, 0.15) is 0 Å². The topological polar surface area (TPSA) is 37.3 Å². The number of ketones is 1. The maximum Gasteiger partial charge on any atom is 0.162 e. The first-order valence-electron chi connectivity index (χ1n) is 12.2. The Morgan fingerprint density at radius 3 is 1.94 bits per heavy atom. The summed E-state index contributed by atoms with van der Waals surface area (Å²) in [6.45, 7) is 11.9. The summed E-state index contributed by atoms with van der Waals surface area (Å²) in [5.41, 5.74) is 9.67. The Kier molecular flexibility index (Phi) is 4.75. The second kappa shape index (κ2) is 7.07. The van der Waals surface area contributed by atoms with Crippen LogP contribution in [0.5, 0.6) is 0 Å². The predicted octanol–water partition coefficient (Wildman–Crippen LogP) is 7.14. The van der Waals surface area contributed by atoms with Crippen molar-refractivity contribution in [2.75, 3.05) is 0 Å². The fourth-order valence-electron chi connectivity index (χ4n) is 6.12. The zero-order valence-electron chi connectivity index (χ0n) is 20.3. The van der Waals surface area contributed by atoms with Crippen LogP contribution < -0.4 is 0 Å². The molecule has 0 atom stereocenters. The summed E-state index contributed by atoms with van der Waals surface area (Å²) in [5, 5.41) is 10.0. The lowest BCUT2D eigenvalue weighted by molar-refractivity contribution is -0.115. The number of carbonyl (C=O) groups is 1. The molecule has 0 bridgehead atoms. The molecule has 32 heavy (non-hydrogen) atoms. The second-order valence-corrected chi connectivity index (χ2v) is 11.8. The Morgan fingerprint density at radius 1 is 0.812 bits per heavy atom. The minimum absolute atomic E-state index is 0.0977. The molecule has 0 saturated heterocycles. The van der Waals surface area contributed by atoms with E-state index < -0.39 is 0 Å². The molecule has 1 saturated carbocycles. The van der Waals surface area contributed by atoms with Gasteiger partial charge >= 0.3 is 0 Å². The van der Waals surface area contributed by atoms with E-state index in [-0.39, 0.29) is 27.8 Å². The molecule has 2 aromatic carbocycles. The van der Waals surface area contributed by atoms with Gasteiger partial charge in [-0.2, -0.15) is 0 Å². The summed E-state index contributed by atoms with van der Waals surface area (Å²) in [5.74, 6) is 0.383. The summed E-state index contributed by atoms with van der Waals surface area (Å²) < 4.78 is 0. The number of aliphatic hydroxyl groups is 1. The van der Waals surface area contributed by atoms with Gasteiger partial charge in [-0.15, -0.1) is 0 Å². The third-order valence-electron chi connectivity index (χ3n) is 8.62. The number of hydrogen-bond donors (Lipinski definition) is 1. The second-order valence-electron chi connectivity index (χ2n) is 11.8. The average Bonchev–Trinajstić information content (AvgIpc) is 3.49. The van der Waals surface area contributed by atoms with Crippen molar-refractivity contribution in [1.29, 1.82) is 0 Å². The maximum atomic E-state index is 12.0. The Balaban J connectivity index is 1.50. The first kappa shape index (κ1) is 21.5. The van der Waals surface area contributed by atoms with Crippen molar-refractivity contribution in [2.45, 2.75) is 95.8 Å². The molecule has 1 fully saturated rings. The van der Waals surface area contributed by atoms with E-state index in [1.165, 1.54) is 47.9 Å². The Bertz CT molecular complexity index is 1120. The van der Waals surface area contributed by atoms with Gasteiger partial charge in [0.2, 0.25) is 0 Å². The summed E-state index contributed by atoms with van der Waals surface area (Å²) in [4.78, 5) is 12.0. The first-order chi connectivity index (χ1) is 15.0. The first-order valence-corrected chi connectivity index (χ1v) is 12.2. The highest BCUT2D eigenvalue weighted by atomic mass is 16.3. The van der Waals surface area contributed by atoms with Crippen LogP contribution in [0.25, 0.3) is 0 Å². The molecule has 1 N–H and O–H groups in total. The Labute approximate surface area is 192 Å². The normalized spacial score (nSPS) is 22.7.